The fraction of sp³-hybridized carbons (Fsp3) is 0.522. The third-order valence-electron chi connectivity index (χ3n) is 5.15. The van der Waals surface area contributed by atoms with Crippen LogP contribution in [0.1, 0.15) is 39.2 Å². The van der Waals surface area contributed by atoms with Gasteiger partial charge in [-0.2, -0.15) is 0 Å². The number of nitrogens with one attached hydrogen (secondary N) is 3. The lowest BCUT2D eigenvalue weighted by Crippen LogP contribution is -2.60. The Morgan fingerprint density at radius 2 is 1.44 bits per heavy atom. The maximum atomic E-state index is 12.8. The van der Waals surface area contributed by atoms with Gasteiger partial charge in [-0.05, 0) is 37.0 Å². The lowest BCUT2D eigenvalue weighted by atomic mass is 10.0. The third-order valence-corrected chi connectivity index (χ3v) is 5.15. The number of hydrogen-bond acceptors (Lipinski definition) is 8. The Hall–Kier alpha value is -3.71. The van der Waals surface area contributed by atoms with Gasteiger partial charge in [0.25, 0.3) is 0 Å². The van der Waals surface area contributed by atoms with Crippen LogP contribution in [0, 0.1) is 5.92 Å². The summed E-state index contributed by atoms with van der Waals surface area (Å²) >= 11 is 0. The monoisotopic (exact) mass is 509 g/mol. The molecule has 0 aromatic heterocycles. The molecule has 13 nitrogen and oxygen atoms in total. The molecule has 0 saturated heterocycles. The van der Waals surface area contributed by atoms with Crippen molar-refractivity contribution in [2.45, 2.75) is 70.3 Å². The van der Waals surface area contributed by atoms with Crippen molar-refractivity contribution in [2.75, 3.05) is 0 Å². The zero-order chi connectivity index (χ0) is 27.6. The molecule has 0 bridgehead atoms. The van der Waals surface area contributed by atoms with Crippen LogP contribution in [0.5, 0.6) is 5.75 Å². The van der Waals surface area contributed by atoms with Gasteiger partial charge in [-0.25, -0.2) is 4.79 Å². The number of nitrogens with two attached hydrogens (primary N) is 2. The molecule has 13 heteroatoms. The molecule has 36 heavy (non-hydrogen) atoms. The van der Waals surface area contributed by atoms with Crippen molar-refractivity contribution in [1.29, 1.82) is 0 Å². The zero-order valence-electron chi connectivity index (χ0n) is 20.4. The predicted octanol–water partition coefficient (Wildman–Crippen LogP) is -1.90. The average Bonchev–Trinajstić information content (AvgIpc) is 2.76. The quantitative estimate of drug-likeness (QED) is 0.140. The molecule has 0 heterocycles. The molecule has 0 spiro atoms. The van der Waals surface area contributed by atoms with Gasteiger partial charge < -0.3 is 42.7 Å². The van der Waals surface area contributed by atoms with Crippen LogP contribution in [0.4, 0.5) is 0 Å². The van der Waals surface area contributed by atoms with Gasteiger partial charge in [0.05, 0.1) is 18.6 Å². The van der Waals surface area contributed by atoms with E-state index in [1.165, 1.54) is 31.2 Å². The molecule has 1 aromatic carbocycles. The molecule has 5 atom stereocenters. The van der Waals surface area contributed by atoms with Gasteiger partial charge in [0.1, 0.15) is 23.9 Å². The highest BCUT2D eigenvalue weighted by molar-refractivity contribution is 5.96. The van der Waals surface area contributed by atoms with E-state index in [1.54, 1.807) is 0 Å². The molecule has 0 aliphatic rings. The fourth-order valence-corrected chi connectivity index (χ4v) is 3.29. The second-order valence-corrected chi connectivity index (χ2v) is 8.96. The number of amides is 4. The van der Waals surface area contributed by atoms with E-state index in [4.69, 9.17) is 11.5 Å². The van der Waals surface area contributed by atoms with Crippen molar-refractivity contribution < 1.29 is 39.3 Å². The van der Waals surface area contributed by atoms with Crippen molar-refractivity contribution in [2.24, 2.45) is 17.4 Å². The highest BCUT2D eigenvalue weighted by Gasteiger charge is 2.33. The Labute approximate surface area is 208 Å². The lowest BCUT2D eigenvalue weighted by molar-refractivity contribution is -0.142. The first-order valence-electron chi connectivity index (χ1n) is 11.3. The number of benzene rings is 1. The first kappa shape index (κ1) is 30.3. The highest BCUT2D eigenvalue weighted by Crippen LogP contribution is 2.12. The summed E-state index contributed by atoms with van der Waals surface area (Å²) in [6.07, 6.45) is -1.89. The second kappa shape index (κ2) is 14.0. The molecular weight excluding hydrogens is 474 g/mol. The molecule has 5 unspecified atom stereocenters. The zero-order valence-corrected chi connectivity index (χ0v) is 20.4. The van der Waals surface area contributed by atoms with Crippen LogP contribution in [-0.4, -0.2) is 75.2 Å². The molecule has 200 valence electrons. The summed E-state index contributed by atoms with van der Waals surface area (Å²) < 4.78 is 0. The van der Waals surface area contributed by atoms with Crippen molar-refractivity contribution >= 4 is 29.6 Å². The summed E-state index contributed by atoms with van der Waals surface area (Å²) in [7, 11) is 0. The third kappa shape index (κ3) is 10.3. The molecule has 0 saturated carbocycles. The maximum absolute atomic E-state index is 12.8. The number of aliphatic hydroxyl groups excluding tert-OH is 1. The van der Waals surface area contributed by atoms with Crippen molar-refractivity contribution in [3.8, 4) is 5.75 Å². The minimum Gasteiger partial charge on any atom is -0.508 e. The molecule has 0 aliphatic heterocycles. The summed E-state index contributed by atoms with van der Waals surface area (Å²) in [5.74, 6) is -4.98. The number of carbonyl (C=O) groups excluding carboxylic acids is 4. The molecule has 4 amide bonds. The number of aliphatic carboxylic acids is 1. The van der Waals surface area contributed by atoms with Crippen LogP contribution >= 0.6 is 0 Å². The van der Waals surface area contributed by atoms with E-state index in [1.807, 2.05) is 13.8 Å². The largest absolute Gasteiger partial charge is 0.508 e. The van der Waals surface area contributed by atoms with Gasteiger partial charge in [-0.1, -0.05) is 26.0 Å². The summed E-state index contributed by atoms with van der Waals surface area (Å²) in [6.45, 7) is 4.94. The van der Waals surface area contributed by atoms with Gasteiger partial charge in [0.15, 0.2) is 0 Å². The number of aliphatic hydroxyl groups is 1. The Bertz CT molecular complexity index is 935. The molecule has 1 aromatic rings. The average molecular weight is 510 g/mol. The smallest absolute Gasteiger partial charge is 0.326 e. The summed E-state index contributed by atoms with van der Waals surface area (Å²) in [4.78, 5) is 61.2. The van der Waals surface area contributed by atoms with E-state index in [2.05, 4.69) is 16.0 Å². The standard InChI is InChI=1S/C23H35N5O8/c1-11(2)8-15(24)20(32)28-19(12(3)29)22(34)26-16(10-18(25)31)21(33)27-17(23(35)36)9-13-4-6-14(30)7-5-13/h4-7,11-12,15-17,19,29-30H,8-10,24H2,1-3H3,(H2,25,31)(H,26,34)(H,27,33)(H,28,32)(H,35,36). The highest BCUT2D eigenvalue weighted by atomic mass is 16.4. The summed E-state index contributed by atoms with van der Waals surface area (Å²) in [6, 6.07) is 0.175. The number of carboxylic acids is 1. The summed E-state index contributed by atoms with van der Waals surface area (Å²) in [5, 5.41) is 35.7. The molecule has 10 N–H and O–H groups in total. The van der Waals surface area contributed by atoms with Crippen molar-refractivity contribution in [3.63, 3.8) is 0 Å². The number of carboxylic acid groups (broad SMARTS) is 1. The Balaban J connectivity index is 2.99. The van der Waals surface area contributed by atoms with Gasteiger partial charge >= 0.3 is 5.97 Å². The first-order chi connectivity index (χ1) is 16.7. The molecule has 0 aliphatic carbocycles. The van der Waals surface area contributed by atoms with Crippen LogP contribution in [0.25, 0.3) is 0 Å². The van der Waals surface area contributed by atoms with Gasteiger partial charge in [0.2, 0.25) is 23.6 Å². The van der Waals surface area contributed by atoms with Crippen LogP contribution in [0.15, 0.2) is 24.3 Å². The van der Waals surface area contributed by atoms with Crippen LogP contribution in [0.3, 0.4) is 0 Å². The Morgan fingerprint density at radius 3 is 1.92 bits per heavy atom. The number of hydrogen-bond donors (Lipinski definition) is 8. The predicted molar refractivity (Wildman–Crippen MR) is 128 cm³/mol. The fourth-order valence-electron chi connectivity index (χ4n) is 3.29. The number of carbonyl (C=O) groups is 5. The van der Waals surface area contributed by atoms with Gasteiger partial charge in [0, 0.05) is 6.42 Å². The van der Waals surface area contributed by atoms with E-state index in [0.29, 0.717) is 12.0 Å². The minimum absolute atomic E-state index is 0.0242. The molecule has 0 radical (unpaired) electrons. The Morgan fingerprint density at radius 1 is 0.889 bits per heavy atom. The van der Waals surface area contributed by atoms with E-state index >= 15 is 0 Å². The number of phenols is 1. The number of aromatic hydroxyl groups is 1. The van der Waals surface area contributed by atoms with E-state index in [0.717, 1.165) is 0 Å². The normalized spacial score (nSPS) is 15.2. The van der Waals surface area contributed by atoms with Crippen molar-refractivity contribution in [1.82, 2.24) is 16.0 Å². The topological polar surface area (TPSA) is 234 Å². The van der Waals surface area contributed by atoms with Gasteiger partial charge in [-0.15, -0.1) is 0 Å². The number of phenolic OH excluding ortho intramolecular Hbond substituents is 1. The van der Waals surface area contributed by atoms with Crippen molar-refractivity contribution in [3.05, 3.63) is 29.8 Å². The number of rotatable bonds is 14. The lowest BCUT2D eigenvalue weighted by Gasteiger charge is -2.26. The van der Waals surface area contributed by atoms with E-state index in [9.17, 15) is 39.3 Å². The minimum atomic E-state index is -1.58. The SMILES string of the molecule is CC(C)CC(N)C(=O)NC(C(=O)NC(CC(N)=O)C(=O)NC(Cc1ccc(O)cc1)C(=O)O)C(C)O. The van der Waals surface area contributed by atoms with Crippen LogP contribution in [0.2, 0.25) is 0 Å². The van der Waals surface area contributed by atoms with Crippen LogP contribution < -0.4 is 27.4 Å². The van der Waals surface area contributed by atoms with Gasteiger partial charge in [-0.3, -0.25) is 19.2 Å². The maximum Gasteiger partial charge on any atom is 0.326 e. The Kier molecular flexibility index (Phi) is 11.8. The summed E-state index contributed by atoms with van der Waals surface area (Å²) in [5.41, 5.74) is 11.5. The first-order valence-corrected chi connectivity index (χ1v) is 11.3. The second-order valence-electron chi connectivity index (χ2n) is 8.96. The number of primary amides is 1. The molecular formula is C23H35N5O8. The van der Waals surface area contributed by atoms with Crippen LogP contribution in [-0.2, 0) is 30.4 Å². The molecule has 0 fully saturated rings. The van der Waals surface area contributed by atoms with E-state index < -0.39 is 66.3 Å². The molecule has 1 rings (SSSR count). The van der Waals surface area contributed by atoms with E-state index in [-0.39, 0.29) is 18.1 Å².